The zero-order valence-corrected chi connectivity index (χ0v) is 18.7. The van der Waals surface area contributed by atoms with Crippen LogP contribution < -0.4 is 20.1 Å². The first kappa shape index (κ1) is 20.5. The van der Waals surface area contributed by atoms with Crippen LogP contribution in [0.1, 0.15) is 35.2 Å². The number of hydrogen-bond acceptors (Lipinski definition) is 7. The Hall–Kier alpha value is -3.45. The molecule has 0 fully saturated rings. The van der Waals surface area contributed by atoms with Crippen LogP contribution in [0.4, 0.5) is 11.4 Å². The molecule has 1 aliphatic heterocycles. The Morgan fingerprint density at radius 3 is 2.38 bits per heavy atom. The summed E-state index contributed by atoms with van der Waals surface area (Å²) in [7, 11) is 3.00. The third-order valence-corrected chi connectivity index (χ3v) is 7.12. The second-order valence-corrected chi connectivity index (χ2v) is 8.94. The van der Waals surface area contributed by atoms with Crippen molar-refractivity contribution in [3.05, 3.63) is 75.6 Å². The number of rotatable bonds is 4. The molecule has 0 radical (unpaired) electrons. The number of aromatic hydroxyl groups is 1. The van der Waals surface area contributed by atoms with Crippen LogP contribution in [-0.2, 0) is 4.79 Å². The first-order chi connectivity index (χ1) is 15.6. The Kier molecular flexibility index (Phi) is 5.27. The lowest BCUT2D eigenvalue weighted by molar-refractivity contribution is -0.116. The maximum Gasteiger partial charge on any atom is 0.200 e. The zero-order chi connectivity index (χ0) is 22.2. The summed E-state index contributed by atoms with van der Waals surface area (Å²) in [6.45, 7) is 0. The summed E-state index contributed by atoms with van der Waals surface area (Å²) in [5.74, 6) is 0.798. The maximum absolute atomic E-state index is 13.6. The van der Waals surface area contributed by atoms with Gasteiger partial charge in [-0.2, -0.15) is 0 Å². The lowest BCUT2D eigenvalue weighted by Crippen LogP contribution is -2.26. The molecule has 2 atom stereocenters. The molecule has 2 aromatic carbocycles. The Morgan fingerprint density at radius 1 is 1.00 bits per heavy atom. The second-order valence-electron chi connectivity index (χ2n) is 7.96. The van der Waals surface area contributed by atoms with Gasteiger partial charge in [-0.3, -0.25) is 4.79 Å². The fraction of sp³-hybridized carbons (Fsp3) is 0.240. The smallest absolute Gasteiger partial charge is 0.200 e. The number of phenolic OH excluding ortho intramolecular Hbond substituents is 1. The van der Waals surface area contributed by atoms with Crippen LogP contribution in [0, 0.1) is 0 Å². The van der Waals surface area contributed by atoms with Crippen LogP contribution in [-0.4, -0.2) is 25.1 Å². The number of benzene rings is 2. The number of hydrogen-bond donors (Lipinski definition) is 3. The molecule has 0 bridgehead atoms. The predicted molar refractivity (Wildman–Crippen MR) is 126 cm³/mol. The van der Waals surface area contributed by atoms with E-state index in [9.17, 15) is 9.90 Å². The van der Waals surface area contributed by atoms with E-state index in [1.807, 2.05) is 30.3 Å². The summed E-state index contributed by atoms with van der Waals surface area (Å²) in [5.41, 5.74) is 4.25. The molecule has 7 heteroatoms. The van der Waals surface area contributed by atoms with E-state index >= 15 is 0 Å². The number of nitrogens with one attached hydrogen (secondary N) is 2. The van der Waals surface area contributed by atoms with Gasteiger partial charge in [-0.25, -0.2) is 0 Å². The fourth-order valence-corrected chi connectivity index (χ4v) is 5.38. The number of Topliss-reactive ketones (excluding diaryl/α,β-unsaturated/α-hetero) is 1. The topological polar surface area (TPSA) is 79.8 Å². The van der Waals surface area contributed by atoms with Crippen LogP contribution in [0.15, 0.2) is 65.2 Å². The Bertz CT molecular complexity index is 1180. The predicted octanol–water partition coefficient (Wildman–Crippen LogP) is 5.45. The molecule has 3 aromatic rings. The van der Waals surface area contributed by atoms with Crippen molar-refractivity contribution in [1.82, 2.24) is 0 Å². The van der Waals surface area contributed by atoms with E-state index in [0.717, 1.165) is 29.1 Å². The van der Waals surface area contributed by atoms with Crippen molar-refractivity contribution in [1.29, 1.82) is 0 Å². The van der Waals surface area contributed by atoms with Gasteiger partial charge in [0.15, 0.2) is 17.3 Å². The van der Waals surface area contributed by atoms with E-state index in [1.54, 1.807) is 23.5 Å². The molecular weight excluding hydrogens is 424 g/mol. The quantitative estimate of drug-likeness (QED) is 0.493. The van der Waals surface area contributed by atoms with Crippen LogP contribution in [0.25, 0.3) is 0 Å². The molecule has 3 N–H and O–H groups in total. The van der Waals surface area contributed by atoms with E-state index in [1.165, 1.54) is 19.1 Å². The minimum Gasteiger partial charge on any atom is -0.502 e. The molecule has 6 nitrogen and oxygen atoms in total. The van der Waals surface area contributed by atoms with Crippen molar-refractivity contribution in [2.24, 2.45) is 0 Å². The summed E-state index contributed by atoms with van der Waals surface area (Å²) in [4.78, 5) is 14.8. The molecule has 2 aliphatic rings. The van der Waals surface area contributed by atoms with Crippen molar-refractivity contribution in [2.45, 2.75) is 24.8 Å². The summed E-state index contributed by atoms with van der Waals surface area (Å²) in [6, 6.07) is 15.2. The molecule has 5 rings (SSSR count). The van der Waals surface area contributed by atoms with Gasteiger partial charge in [-0.05, 0) is 47.7 Å². The molecule has 0 saturated heterocycles. The minimum atomic E-state index is -0.415. The third-order valence-electron chi connectivity index (χ3n) is 6.09. The molecular formula is C25H24N2O4S. The van der Waals surface area contributed by atoms with Gasteiger partial charge in [-0.1, -0.05) is 18.2 Å². The molecule has 32 heavy (non-hydrogen) atoms. The highest BCUT2D eigenvalue weighted by Crippen LogP contribution is 2.47. The molecule has 0 spiro atoms. The Morgan fingerprint density at radius 2 is 1.72 bits per heavy atom. The number of allylic oxidation sites excluding steroid dienone is 1. The standard InChI is InChI=1S/C25H24N2O4S/c1-30-20-12-15(13-21(31-2)25(20)29)24-23-18(26-16-6-3-4-7-17(16)27-24)10-14(11-19(23)28)22-8-5-9-32-22/h3-9,12-14,24,26-27,29H,10-11H2,1-2H3/t14-,24-/m1/s1. The number of ether oxygens (including phenoxy) is 2. The number of methoxy groups -OCH3 is 2. The summed E-state index contributed by atoms with van der Waals surface area (Å²) in [6.07, 6.45) is 1.21. The first-order valence-electron chi connectivity index (χ1n) is 10.5. The lowest BCUT2D eigenvalue weighted by atomic mass is 9.80. The van der Waals surface area contributed by atoms with Crippen molar-refractivity contribution >= 4 is 28.5 Å². The average molecular weight is 449 g/mol. The molecule has 2 heterocycles. The largest absolute Gasteiger partial charge is 0.502 e. The number of ketones is 1. The number of carbonyl (C=O) groups excluding carboxylic acids is 1. The molecule has 0 amide bonds. The van der Waals surface area contributed by atoms with Crippen molar-refractivity contribution in [3.8, 4) is 17.2 Å². The highest BCUT2D eigenvalue weighted by Gasteiger charge is 2.37. The summed E-state index contributed by atoms with van der Waals surface area (Å²) in [5, 5.41) is 19.5. The van der Waals surface area contributed by atoms with Crippen LogP contribution in [0.3, 0.4) is 0 Å². The van der Waals surface area contributed by atoms with Crippen molar-refractivity contribution in [2.75, 3.05) is 24.9 Å². The fourth-order valence-electron chi connectivity index (χ4n) is 4.55. The van der Waals surface area contributed by atoms with E-state index in [0.29, 0.717) is 23.5 Å². The Labute approximate surface area is 190 Å². The number of carbonyl (C=O) groups is 1. The molecule has 1 aliphatic carbocycles. The molecule has 164 valence electrons. The average Bonchev–Trinajstić information content (AvgIpc) is 3.28. The summed E-state index contributed by atoms with van der Waals surface area (Å²) >= 11 is 1.69. The van der Waals surface area contributed by atoms with Gasteiger partial charge < -0.3 is 25.2 Å². The van der Waals surface area contributed by atoms with Crippen LogP contribution in [0.2, 0.25) is 0 Å². The maximum atomic E-state index is 13.6. The molecule has 1 aromatic heterocycles. The normalized spacial score (nSPS) is 19.9. The van der Waals surface area contributed by atoms with Gasteiger partial charge in [0, 0.05) is 28.5 Å². The highest BCUT2D eigenvalue weighted by molar-refractivity contribution is 7.10. The van der Waals surface area contributed by atoms with Crippen LogP contribution in [0.5, 0.6) is 17.2 Å². The van der Waals surface area contributed by atoms with Gasteiger partial charge in [0.05, 0.1) is 31.6 Å². The SMILES string of the molecule is COc1cc([C@H]2Nc3ccccc3NC3=C2C(=O)C[C@H](c2cccs2)C3)cc(OC)c1O. The highest BCUT2D eigenvalue weighted by atomic mass is 32.1. The third kappa shape index (κ3) is 3.48. The van der Waals surface area contributed by atoms with Gasteiger partial charge in [0.25, 0.3) is 0 Å². The zero-order valence-electron chi connectivity index (χ0n) is 17.8. The van der Waals surface area contributed by atoms with Gasteiger partial charge in [0.2, 0.25) is 5.75 Å². The van der Waals surface area contributed by atoms with E-state index in [4.69, 9.17) is 9.47 Å². The summed E-state index contributed by atoms with van der Waals surface area (Å²) < 4.78 is 10.8. The number of thiophene rings is 1. The van der Waals surface area contributed by atoms with Crippen LogP contribution >= 0.6 is 11.3 Å². The number of para-hydroxylation sites is 2. The Balaban J connectivity index is 1.66. The van der Waals surface area contributed by atoms with Gasteiger partial charge >= 0.3 is 0 Å². The first-order valence-corrected chi connectivity index (χ1v) is 11.3. The van der Waals surface area contributed by atoms with E-state index in [2.05, 4.69) is 22.1 Å². The van der Waals surface area contributed by atoms with E-state index < -0.39 is 6.04 Å². The van der Waals surface area contributed by atoms with E-state index in [-0.39, 0.29) is 17.5 Å². The minimum absolute atomic E-state index is 0.0622. The van der Waals surface area contributed by atoms with Crippen molar-refractivity contribution < 1.29 is 19.4 Å². The number of phenols is 1. The lowest BCUT2D eigenvalue weighted by Gasteiger charge is -2.29. The molecule has 0 unspecified atom stereocenters. The number of fused-ring (bicyclic) bond motifs is 1. The van der Waals surface area contributed by atoms with Gasteiger partial charge in [0.1, 0.15) is 0 Å². The molecule has 0 saturated carbocycles. The van der Waals surface area contributed by atoms with Gasteiger partial charge in [-0.15, -0.1) is 11.3 Å². The number of anilines is 2. The second kappa shape index (κ2) is 8.24. The monoisotopic (exact) mass is 448 g/mol. The van der Waals surface area contributed by atoms with Crippen molar-refractivity contribution in [3.63, 3.8) is 0 Å².